The van der Waals surface area contributed by atoms with E-state index >= 15 is 0 Å². The first kappa shape index (κ1) is 21.8. The van der Waals surface area contributed by atoms with Crippen LogP contribution in [0.5, 0.6) is 0 Å². The molecule has 1 atom stereocenters. The van der Waals surface area contributed by atoms with E-state index in [-0.39, 0.29) is 23.6 Å². The minimum absolute atomic E-state index is 0.0282. The van der Waals surface area contributed by atoms with Crippen LogP contribution in [-0.2, 0) is 9.53 Å². The zero-order valence-electron chi connectivity index (χ0n) is 18.6. The number of anilines is 2. The molecule has 0 radical (unpaired) electrons. The SMILES string of the molecule is C=C1CCN(c2cc(C3CN(C)C(=O)N(C)C3)ccc2NC(=O)C2=CCC(C#N)O2)CC1. The number of piperidine rings is 1. The number of carbonyl (C=O) groups is 2. The van der Waals surface area contributed by atoms with Crippen molar-refractivity contribution >= 4 is 23.3 Å². The number of likely N-dealkylation sites (N-methyl/N-ethyl adjacent to an activating group) is 2. The molecular formula is C24H29N5O3. The summed E-state index contributed by atoms with van der Waals surface area (Å²) in [5.74, 6) is 0.0248. The number of hydrogen-bond acceptors (Lipinski definition) is 5. The maximum absolute atomic E-state index is 12.8. The molecule has 0 aromatic heterocycles. The van der Waals surface area contributed by atoms with Gasteiger partial charge in [0.15, 0.2) is 11.9 Å². The minimum atomic E-state index is -0.603. The van der Waals surface area contributed by atoms with E-state index in [0.717, 1.165) is 37.2 Å². The summed E-state index contributed by atoms with van der Waals surface area (Å²) in [6.45, 7) is 7.09. The van der Waals surface area contributed by atoms with Gasteiger partial charge in [-0.05, 0) is 36.6 Å². The highest BCUT2D eigenvalue weighted by molar-refractivity contribution is 6.04. The fraction of sp³-hybridized carbons (Fsp3) is 0.458. The maximum atomic E-state index is 12.8. The summed E-state index contributed by atoms with van der Waals surface area (Å²) < 4.78 is 5.42. The molecule has 1 N–H and O–H groups in total. The third-order valence-electron chi connectivity index (χ3n) is 6.35. The molecule has 168 valence electrons. The van der Waals surface area contributed by atoms with Gasteiger partial charge in [0.2, 0.25) is 0 Å². The number of nitrogens with zero attached hydrogens (tertiary/aromatic N) is 4. The molecule has 3 aliphatic rings. The summed E-state index contributed by atoms with van der Waals surface area (Å²) in [7, 11) is 3.64. The number of ether oxygens (including phenoxy) is 1. The van der Waals surface area contributed by atoms with Crippen LogP contribution < -0.4 is 10.2 Å². The van der Waals surface area contributed by atoms with Crippen LogP contribution in [0.1, 0.15) is 30.7 Å². The van der Waals surface area contributed by atoms with Crippen molar-refractivity contribution in [3.05, 3.63) is 47.7 Å². The monoisotopic (exact) mass is 435 g/mol. The van der Waals surface area contributed by atoms with Crippen LogP contribution in [0.15, 0.2) is 42.2 Å². The Balaban J connectivity index is 1.60. The molecule has 32 heavy (non-hydrogen) atoms. The van der Waals surface area contributed by atoms with Gasteiger partial charge in [-0.25, -0.2) is 4.79 Å². The topological polar surface area (TPSA) is 88.9 Å². The van der Waals surface area contributed by atoms with Crippen molar-refractivity contribution in [1.29, 1.82) is 5.26 Å². The molecule has 0 aliphatic carbocycles. The van der Waals surface area contributed by atoms with Gasteiger partial charge >= 0.3 is 6.03 Å². The molecule has 1 aromatic carbocycles. The van der Waals surface area contributed by atoms with Crippen molar-refractivity contribution in [3.63, 3.8) is 0 Å². The lowest BCUT2D eigenvalue weighted by Crippen LogP contribution is -2.48. The van der Waals surface area contributed by atoms with Gasteiger partial charge in [-0.3, -0.25) is 4.79 Å². The number of urea groups is 1. The second-order valence-electron chi connectivity index (χ2n) is 8.75. The highest BCUT2D eigenvalue weighted by atomic mass is 16.5. The van der Waals surface area contributed by atoms with Crippen LogP contribution in [-0.4, -0.2) is 68.1 Å². The fourth-order valence-corrected chi connectivity index (χ4v) is 4.48. The highest BCUT2D eigenvalue weighted by Gasteiger charge is 2.30. The predicted octanol–water partition coefficient (Wildman–Crippen LogP) is 3.06. The first-order valence-corrected chi connectivity index (χ1v) is 10.9. The number of carbonyl (C=O) groups excluding carboxylic acids is 2. The average Bonchev–Trinajstić information content (AvgIpc) is 3.27. The van der Waals surface area contributed by atoms with Gasteiger partial charge in [-0.1, -0.05) is 18.2 Å². The first-order chi connectivity index (χ1) is 15.4. The third kappa shape index (κ3) is 4.42. The summed E-state index contributed by atoms with van der Waals surface area (Å²) in [4.78, 5) is 30.7. The molecule has 8 nitrogen and oxygen atoms in total. The van der Waals surface area contributed by atoms with E-state index in [4.69, 9.17) is 10.00 Å². The normalized spacial score (nSPS) is 21.8. The molecular weight excluding hydrogens is 406 g/mol. The summed E-state index contributed by atoms with van der Waals surface area (Å²) in [5, 5.41) is 12.0. The van der Waals surface area contributed by atoms with E-state index in [2.05, 4.69) is 22.9 Å². The Morgan fingerprint density at radius 3 is 2.53 bits per heavy atom. The zero-order valence-corrected chi connectivity index (χ0v) is 18.6. The molecule has 0 spiro atoms. The standard InChI is InChI=1S/C24H29N5O3/c1-16-8-10-29(11-9-16)21-12-17(18-14-27(2)24(31)28(3)15-18)4-6-20(21)26-23(30)22-7-5-19(13-25)32-22/h4,6-7,12,18-19H,1,5,8-11,14-15H2,2-3H3,(H,26,30). The quantitative estimate of drug-likeness (QED) is 0.735. The van der Waals surface area contributed by atoms with Gasteiger partial charge < -0.3 is 24.8 Å². The van der Waals surface area contributed by atoms with E-state index in [0.29, 0.717) is 25.2 Å². The molecule has 1 unspecified atom stereocenters. The minimum Gasteiger partial charge on any atom is -0.470 e. The van der Waals surface area contributed by atoms with E-state index in [9.17, 15) is 9.59 Å². The Kier molecular flexibility index (Phi) is 6.08. The Morgan fingerprint density at radius 2 is 1.91 bits per heavy atom. The van der Waals surface area contributed by atoms with E-state index in [1.807, 2.05) is 32.3 Å². The molecule has 2 saturated heterocycles. The number of nitrogens with one attached hydrogen (secondary N) is 1. The van der Waals surface area contributed by atoms with E-state index in [1.54, 1.807) is 15.9 Å². The van der Waals surface area contributed by atoms with Crippen molar-refractivity contribution in [1.82, 2.24) is 9.80 Å². The van der Waals surface area contributed by atoms with Gasteiger partial charge in [-0.15, -0.1) is 0 Å². The summed E-state index contributed by atoms with van der Waals surface area (Å²) in [6.07, 6.45) is 3.31. The Bertz CT molecular complexity index is 987. The third-order valence-corrected chi connectivity index (χ3v) is 6.35. The van der Waals surface area contributed by atoms with Crippen LogP contribution >= 0.6 is 0 Å². The number of nitriles is 1. The number of rotatable bonds is 4. The molecule has 8 heteroatoms. The lowest BCUT2D eigenvalue weighted by molar-refractivity contribution is -0.116. The number of benzene rings is 1. The molecule has 4 rings (SSSR count). The van der Waals surface area contributed by atoms with Crippen molar-refractivity contribution < 1.29 is 14.3 Å². The summed E-state index contributed by atoms with van der Waals surface area (Å²) in [5.41, 5.74) is 4.05. The van der Waals surface area contributed by atoms with Gasteiger partial charge in [-0.2, -0.15) is 5.26 Å². The molecule has 1 aromatic rings. The first-order valence-electron chi connectivity index (χ1n) is 10.9. The second kappa shape index (κ2) is 8.95. The molecule has 3 amide bonds. The van der Waals surface area contributed by atoms with Crippen LogP contribution in [0.2, 0.25) is 0 Å². The average molecular weight is 436 g/mol. The highest BCUT2D eigenvalue weighted by Crippen LogP contribution is 2.34. The summed E-state index contributed by atoms with van der Waals surface area (Å²) >= 11 is 0. The zero-order chi connectivity index (χ0) is 22.8. The van der Waals surface area contributed by atoms with Crippen LogP contribution in [0.3, 0.4) is 0 Å². The Labute approximate surface area is 188 Å². The van der Waals surface area contributed by atoms with Crippen molar-refractivity contribution in [2.45, 2.75) is 31.3 Å². The molecule has 0 bridgehead atoms. The van der Waals surface area contributed by atoms with Crippen LogP contribution in [0.4, 0.5) is 16.2 Å². The van der Waals surface area contributed by atoms with Crippen LogP contribution in [0.25, 0.3) is 0 Å². The maximum Gasteiger partial charge on any atom is 0.319 e. The van der Waals surface area contributed by atoms with Crippen molar-refractivity contribution in [2.24, 2.45) is 0 Å². The molecule has 2 fully saturated rings. The van der Waals surface area contributed by atoms with Gasteiger partial charge in [0.25, 0.3) is 5.91 Å². The smallest absolute Gasteiger partial charge is 0.319 e. The van der Waals surface area contributed by atoms with Crippen molar-refractivity contribution in [2.75, 3.05) is 50.5 Å². The van der Waals surface area contributed by atoms with Gasteiger partial charge in [0, 0.05) is 52.6 Å². The number of hydrogen-bond donors (Lipinski definition) is 1. The largest absolute Gasteiger partial charge is 0.470 e. The van der Waals surface area contributed by atoms with Crippen LogP contribution in [0, 0.1) is 11.3 Å². The molecule has 3 aliphatic heterocycles. The number of amides is 3. The van der Waals surface area contributed by atoms with E-state index < -0.39 is 6.10 Å². The predicted molar refractivity (Wildman–Crippen MR) is 122 cm³/mol. The lowest BCUT2D eigenvalue weighted by Gasteiger charge is -2.37. The lowest BCUT2D eigenvalue weighted by atomic mass is 9.94. The summed E-state index contributed by atoms with van der Waals surface area (Å²) in [6, 6.07) is 8.14. The Morgan fingerprint density at radius 1 is 1.22 bits per heavy atom. The molecule has 0 saturated carbocycles. The van der Waals surface area contributed by atoms with Crippen molar-refractivity contribution in [3.8, 4) is 6.07 Å². The second-order valence-corrected chi connectivity index (χ2v) is 8.75. The van der Waals surface area contributed by atoms with Gasteiger partial charge in [0.1, 0.15) is 6.07 Å². The van der Waals surface area contributed by atoms with Gasteiger partial charge in [0.05, 0.1) is 11.4 Å². The fourth-order valence-electron chi connectivity index (χ4n) is 4.48. The van der Waals surface area contributed by atoms with E-state index in [1.165, 1.54) is 5.57 Å². The Hall–Kier alpha value is -3.47. The molecule has 3 heterocycles.